The van der Waals surface area contributed by atoms with Crippen molar-refractivity contribution in [3.05, 3.63) is 0 Å². The molecule has 2 aliphatic heterocycles. The summed E-state index contributed by atoms with van der Waals surface area (Å²) in [5.74, 6) is 0.996. The van der Waals surface area contributed by atoms with Crippen LogP contribution in [0.2, 0.25) is 0 Å². The van der Waals surface area contributed by atoms with E-state index in [2.05, 4.69) is 36.4 Å². The minimum Gasteiger partial charge on any atom is -0.373 e. The Kier molecular flexibility index (Phi) is 10.3. The molecule has 0 aromatic heterocycles. The molecular weight excluding hydrogens is 463 g/mol. The minimum absolute atomic E-state index is 0. The van der Waals surface area contributed by atoms with E-state index in [4.69, 9.17) is 9.73 Å². The Bertz CT molecular complexity index is 467. The lowest BCUT2D eigenvalue weighted by molar-refractivity contribution is -0.0625. The highest BCUT2D eigenvalue weighted by Gasteiger charge is 2.36. The van der Waals surface area contributed by atoms with E-state index in [-0.39, 0.29) is 29.6 Å². The maximum absolute atomic E-state index is 6.34. The van der Waals surface area contributed by atoms with Gasteiger partial charge in [-0.1, -0.05) is 32.6 Å². The molecule has 1 aliphatic carbocycles. The number of rotatable bonds is 7. The second-order valence-electron chi connectivity index (χ2n) is 9.00. The first-order valence-electron chi connectivity index (χ1n) is 11.6. The highest BCUT2D eigenvalue weighted by molar-refractivity contribution is 14.0. The van der Waals surface area contributed by atoms with Gasteiger partial charge >= 0.3 is 0 Å². The fourth-order valence-corrected chi connectivity index (χ4v) is 5.33. The van der Waals surface area contributed by atoms with Gasteiger partial charge in [0.2, 0.25) is 0 Å². The number of nitrogens with one attached hydrogen (secondary N) is 2. The van der Waals surface area contributed by atoms with Gasteiger partial charge in [-0.2, -0.15) is 0 Å². The van der Waals surface area contributed by atoms with Crippen LogP contribution in [0.15, 0.2) is 4.99 Å². The quantitative estimate of drug-likeness (QED) is 0.307. The van der Waals surface area contributed by atoms with Crippen LogP contribution in [0.4, 0.5) is 0 Å². The Balaban J connectivity index is 0.00000280. The van der Waals surface area contributed by atoms with E-state index in [0.717, 1.165) is 57.0 Å². The van der Waals surface area contributed by atoms with E-state index in [0.29, 0.717) is 6.04 Å². The molecule has 2 heterocycles. The SMILES string of the molecule is CCCOC1(CN=C(NCC)NC2CC3CCCC(C2)N3C)CCCCC1.I. The van der Waals surface area contributed by atoms with Gasteiger partial charge in [0.15, 0.2) is 5.96 Å². The molecule has 5 nitrogen and oxygen atoms in total. The molecule has 1 saturated carbocycles. The van der Waals surface area contributed by atoms with Gasteiger partial charge in [-0.05, 0) is 58.9 Å². The van der Waals surface area contributed by atoms with Crippen LogP contribution in [-0.2, 0) is 4.74 Å². The molecule has 0 amide bonds. The second-order valence-corrected chi connectivity index (χ2v) is 9.00. The lowest BCUT2D eigenvalue weighted by atomic mass is 9.82. The average molecular weight is 507 g/mol. The summed E-state index contributed by atoms with van der Waals surface area (Å²) in [5.41, 5.74) is -0.0279. The van der Waals surface area contributed by atoms with Gasteiger partial charge in [-0.15, -0.1) is 24.0 Å². The zero-order chi connectivity index (χ0) is 19.1. The summed E-state index contributed by atoms with van der Waals surface area (Å²) in [6.45, 7) is 6.92. The minimum atomic E-state index is -0.0279. The Labute approximate surface area is 189 Å². The summed E-state index contributed by atoms with van der Waals surface area (Å²) in [6.07, 6.45) is 13.9. The molecule has 2 bridgehead atoms. The van der Waals surface area contributed by atoms with E-state index in [1.165, 1.54) is 51.4 Å². The van der Waals surface area contributed by atoms with Crippen LogP contribution in [0.25, 0.3) is 0 Å². The standard InChI is InChI=1S/C22H42N4O.HI/c1-4-14-27-22(12-7-6-8-13-22)17-24-21(23-5-2)25-18-15-19-10-9-11-20(16-18)26(19)3;/h18-20H,4-17H2,1-3H3,(H2,23,24,25);1H. The molecule has 0 spiro atoms. The van der Waals surface area contributed by atoms with E-state index < -0.39 is 0 Å². The molecule has 3 aliphatic rings. The van der Waals surface area contributed by atoms with Crippen molar-refractivity contribution < 1.29 is 4.74 Å². The van der Waals surface area contributed by atoms with Gasteiger partial charge in [0.1, 0.15) is 0 Å². The zero-order valence-corrected chi connectivity index (χ0v) is 20.7. The van der Waals surface area contributed by atoms with Crippen LogP contribution in [-0.4, -0.2) is 61.3 Å². The molecule has 2 atom stereocenters. The molecule has 28 heavy (non-hydrogen) atoms. The van der Waals surface area contributed by atoms with Crippen LogP contribution < -0.4 is 10.6 Å². The normalized spacial score (nSPS) is 30.4. The van der Waals surface area contributed by atoms with Gasteiger partial charge < -0.3 is 20.3 Å². The monoisotopic (exact) mass is 506 g/mol. The molecule has 3 fully saturated rings. The topological polar surface area (TPSA) is 48.9 Å². The summed E-state index contributed by atoms with van der Waals surface area (Å²) in [5, 5.41) is 7.27. The van der Waals surface area contributed by atoms with Crippen molar-refractivity contribution in [3.63, 3.8) is 0 Å². The fourth-order valence-electron chi connectivity index (χ4n) is 5.33. The molecule has 3 rings (SSSR count). The van der Waals surface area contributed by atoms with E-state index in [1.807, 2.05) is 0 Å². The van der Waals surface area contributed by atoms with Crippen molar-refractivity contribution in [3.8, 4) is 0 Å². The van der Waals surface area contributed by atoms with Crippen molar-refractivity contribution in [1.82, 2.24) is 15.5 Å². The average Bonchev–Trinajstić information content (AvgIpc) is 2.66. The fraction of sp³-hybridized carbons (Fsp3) is 0.955. The van der Waals surface area contributed by atoms with E-state index in [1.54, 1.807) is 0 Å². The second kappa shape index (κ2) is 11.9. The van der Waals surface area contributed by atoms with Crippen LogP contribution in [0.3, 0.4) is 0 Å². The number of hydrogen-bond acceptors (Lipinski definition) is 3. The van der Waals surface area contributed by atoms with Crippen molar-refractivity contribution >= 4 is 29.9 Å². The maximum atomic E-state index is 6.34. The molecular formula is C22H43IN4O. The zero-order valence-electron chi connectivity index (χ0n) is 18.3. The number of hydrogen-bond donors (Lipinski definition) is 2. The Morgan fingerprint density at radius 1 is 1.07 bits per heavy atom. The maximum Gasteiger partial charge on any atom is 0.191 e. The Morgan fingerprint density at radius 3 is 2.36 bits per heavy atom. The van der Waals surface area contributed by atoms with Crippen molar-refractivity contribution in [2.75, 3.05) is 26.7 Å². The number of aliphatic imine (C=N–C) groups is 1. The number of fused-ring (bicyclic) bond motifs is 2. The first-order chi connectivity index (χ1) is 13.2. The third-order valence-corrected chi connectivity index (χ3v) is 6.93. The third kappa shape index (κ3) is 6.46. The first-order valence-corrected chi connectivity index (χ1v) is 11.6. The van der Waals surface area contributed by atoms with Crippen molar-refractivity contribution in [2.45, 2.75) is 108 Å². The first kappa shape index (κ1) is 24.2. The molecule has 0 aromatic carbocycles. The molecule has 164 valence electrons. The molecule has 0 radical (unpaired) electrons. The van der Waals surface area contributed by atoms with Gasteiger partial charge in [0, 0.05) is 31.3 Å². The molecule has 2 unspecified atom stereocenters. The summed E-state index contributed by atoms with van der Waals surface area (Å²) >= 11 is 0. The number of nitrogens with zero attached hydrogens (tertiary/aromatic N) is 2. The summed E-state index contributed by atoms with van der Waals surface area (Å²) in [7, 11) is 2.32. The summed E-state index contributed by atoms with van der Waals surface area (Å²) in [6, 6.07) is 2.04. The van der Waals surface area contributed by atoms with E-state index >= 15 is 0 Å². The van der Waals surface area contributed by atoms with Crippen LogP contribution in [0.5, 0.6) is 0 Å². The highest BCUT2D eigenvalue weighted by Crippen LogP contribution is 2.33. The van der Waals surface area contributed by atoms with Crippen LogP contribution >= 0.6 is 24.0 Å². The number of piperidine rings is 2. The van der Waals surface area contributed by atoms with Crippen molar-refractivity contribution in [1.29, 1.82) is 0 Å². The number of ether oxygens (including phenoxy) is 1. The predicted molar refractivity (Wildman–Crippen MR) is 129 cm³/mol. The van der Waals surface area contributed by atoms with Crippen LogP contribution in [0.1, 0.15) is 84.5 Å². The third-order valence-electron chi connectivity index (χ3n) is 6.93. The van der Waals surface area contributed by atoms with Gasteiger partial charge in [-0.25, -0.2) is 0 Å². The largest absolute Gasteiger partial charge is 0.373 e. The van der Waals surface area contributed by atoms with Crippen molar-refractivity contribution in [2.24, 2.45) is 4.99 Å². The summed E-state index contributed by atoms with van der Waals surface area (Å²) in [4.78, 5) is 7.65. The highest BCUT2D eigenvalue weighted by atomic mass is 127. The number of guanidine groups is 1. The molecule has 2 saturated heterocycles. The Hall–Kier alpha value is -0.0800. The number of halogens is 1. The predicted octanol–water partition coefficient (Wildman–Crippen LogP) is 4.30. The lowest BCUT2D eigenvalue weighted by Crippen LogP contribution is -2.56. The van der Waals surface area contributed by atoms with Gasteiger partial charge in [-0.3, -0.25) is 4.99 Å². The van der Waals surface area contributed by atoms with Gasteiger partial charge in [0.05, 0.1) is 12.1 Å². The van der Waals surface area contributed by atoms with E-state index in [9.17, 15) is 0 Å². The van der Waals surface area contributed by atoms with Crippen LogP contribution in [0, 0.1) is 0 Å². The molecule has 2 N–H and O–H groups in total. The Morgan fingerprint density at radius 2 is 1.75 bits per heavy atom. The smallest absolute Gasteiger partial charge is 0.191 e. The summed E-state index contributed by atoms with van der Waals surface area (Å²) < 4.78 is 6.34. The van der Waals surface area contributed by atoms with Gasteiger partial charge in [0.25, 0.3) is 0 Å². The lowest BCUT2D eigenvalue weighted by Gasteiger charge is -2.47. The molecule has 6 heteroatoms. The molecule has 0 aromatic rings.